The minimum absolute atomic E-state index is 0.141. The Labute approximate surface area is 248 Å². The van der Waals surface area contributed by atoms with Gasteiger partial charge >= 0.3 is 6.18 Å². The molecule has 1 aromatic heterocycles. The van der Waals surface area contributed by atoms with Crippen LogP contribution in [0.1, 0.15) is 53.0 Å². The highest BCUT2D eigenvalue weighted by Gasteiger charge is 2.37. The smallest absolute Gasteiger partial charge is 0.397 e. The second-order valence-electron chi connectivity index (χ2n) is 10.8. The van der Waals surface area contributed by atoms with Crippen molar-refractivity contribution in [2.75, 3.05) is 41.4 Å². The van der Waals surface area contributed by atoms with Crippen molar-refractivity contribution in [3.63, 3.8) is 0 Å². The molecule has 0 saturated carbocycles. The van der Waals surface area contributed by atoms with Crippen LogP contribution in [-0.4, -0.2) is 52.8 Å². The van der Waals surface area contributed by atoms with Gasteiger partial charge in [0, 0.05) is 68.0 Å². The third kappa shape index (κ3) is 6.94. The number of aromatic nitrogens is 2. The predicted molar refractivity (Wildman–Crippen MR) is 161 cm³/mol. The molecule has 3 aromatic rings. The quantitative estimate of drug-likeness (QED) is 0.189. The van der Waals surface area contributed by atoms with Crippen LogP contribution in [0, 0.1) is 19.7 Å². The van der Waals surface area contributed by atoms with Gasteiger partial charge in [-0.25, -0.2) is 10.2 Å². The highest BCUT2D eigenvalue weighted by Crippen LogP contribution is 2.38. The number of amides is 1. The number of piperazine rings is 1. The van der Waals surface area contributed by atoms with Gasteiger partial charge in [0.15, 0.2) is 5.82 Å². The van der Waals surface area contributed by atoms with Crippen molar-refractivity contribution in [2.24, 2.45) is 18.6 Å². The van der Waals surface area contributed by atoms with Crippen molar-refractivity contribution in [3.05, 3.63) is 76.5 Å². The Kier molecular flexibility index (Phi) is 9.35. The summed E-state index contributed by atoms with van der Waals surface area (Å²) in [6.45, 7) is 9.70. The number of nitrogens with one attached hydrogen (secondary N) is 1. The Bertz CT molecular complexity index is 1510. The maximum atomic E-state index is 15.2. The molecule has 1 atom stereocenters. The number of rotatable bonds is 8. The summed E-state index contributed by atoms with van der Waals surface area (Å²) in [5.41, 5.74) is 7.64. The standard InChI is InChI=1S/C30H38F4N8O/c1-6-19(3)40-9-11-41(12-10-40)27-15-22(14-24(28(27)31)30(32,33)34)38-29(43)21-8-7-18(2)26(13-21)42(36)17-25(35)23-16-37-39(5)20(23)4/h7-8,13-17,19H,6,9-12,35-36H2,1-5H3,(H,38,43)/b25-17-. The van der Waals surface area contributed by atoms with Crippen molar-refractivity contribution < 1.29 is 22.4 Å². The first kappa shape index (κ1) is 31.8. The Morgan fingerprint density at radius 1 is 1.16 bits per heavy atom. The van der Waals surface area contributed by atoms with Gasteiger partial charge in [0.25, 0.3) is 5.91 Å². The number of hydrogen-bond donors (Lipinski definition) is 3. The zero-order chi connectivity index (χ0) is 31.6. The van der Waals surface area contributed by atoms with E-state index in [9.17, 15) is 18.0 Å². The Hall–Kier alpha value is -4.10. The average molecular weight is 603 g/mol. The van der Waals surface area contributed by atoms with E-state index in [1.54, 1.807) is 35.8 Å². The highest BCUT2D eigenvalue weighted by molar-refractivity contribution is 6.05. The molecule has 1 saturated heterocycles. The minimum Gasteiger partial charge on any atom is -0.397 e. The zero-order valence-electron chi connectivity index (χ0n) is 25.0. The van der Waals surface area contributed by atoms with E-state index in [4.69, 9.17) is 11.6 Å². The molecule has 43 heavy (non-hydrogen) atoms. The maximum Gasteiger partial charge on any atom is 0.419 e. The summed E-state index contributed by atoms with van der Waals surface area (Å²) in [6.07, 6.45) is -0.904. The molecular weight excluding hydrogens is 564 g/mol. The summed E-state index contributed by atoms with van der Waals surface area (Å²) < 4.78 is 58.5. The van der Waals surface area contributed by atoms with Crippen LogP contribution < -0.4 is 26.8 Å². The summed E-state index contributed by atoms with van der Waals surface area (Å²) in [6, 6.07) is 6.90. The first-order valence-electron chi connectivity index (χ1n) is 14.0. The zero-order valence-corrected chi connectivity index (χ0v) is 25.0. The van der Waals surface area contributed by atoms with Crippen LogP contribution in [0.25, 0.3) is 5.70 Å². The van der Waals surface area contributed by atoms with E-state index in [2.05, 4.69) is 29.2 Å². The molecule has 0 spiro atoms. The maximum absolute atomic E-state index is 15.2. The molecule has 0 radical (unpaired) electrons. The van der Waals surface area contributed by atoms with Gasteiger partial charge in [-0.05, 0) is 57.0 Å². The van der Waals surface area contributed by atoms with E-state index in [1.165, 1.54) is 29.4 Å². The molecule has 232 valence electrons. The van der Waals surface area contributed by atoms with Crippen LogP contribution in [0.15, 0.2) is 42.7 Å². The van der Waals surface area contributed by atoms with Gasteiger partial charge in [0.05, 0.1) is 28.8 Å². The minimum atomic E-state index is -4.95. The van der Waals surface area contributed by atoms with Gasteiger partial charge in [-0.2, -0.15) is 18.3 Å². The molecule has 1 aliphatic rings. The van der Waals surface area contributed by atoms with Crippen LogP contribution in [0.4, 0.5) is 34.6 Å². The van der Waals surface area contributed by atoms with E-state index in [0.717, 1.165) is 17.7 Å². The van der Waals surface area contributed by atoms with Crippen LogP contribution >= 0.6 is 0 Å². The number of anilines is 3. The van der Waals surface area contributed by atoms with Gasteiger partial charge in [-0.3, -0.25) is 19.4 Å². The number of carbonyl (C=O) groups excluding carboxylic acids is 1. The second-order valence-corrected chi connectivity index (χ2v) is 10.8. The molecule has 0 aliphatic carbocycles. The van der Waals surface area contributed by atoms with E-state index < -0.39 is 23.5 Å². The average Bonchev–Trinajstić information content (AvgIpc) is 3.30. The topological polar surface area (TPSA) is 109 Å². The third-order valence-electron chi connectivity index (χ3n) is 8.06. The first-order chi connectivity index (χ1) is 20.2. The van der Waals surface area contributed by atoms with Crippen LogP contribution in [0.2, 0.25) is 0 Å². The lowest BCUT2D eigenvalue weighted by Crippen LogP contribution is -2.49. The lowest BCUT2D eigenvalue weighted by atomic mass is 10.1. The number of hydrazine groups is 1. The molecular formula is C30H38F4N8O. The normalized spacial score (nSPS) is 15.5. The van der Waals surface area contributed by atoms with Crippen molar-refractivity contribution in [2.45, 2.75) is 46.3 Å². The number of hydrogen-bond acceptors (Lipinski definition) is 7. The van der Waals surface area contributed by atoms with Crippen molar-refractivity contribution in [1.82, 2.24) is 14.7 Å². The monoisotopic (exact) mass is 602 g/mol. The molecule has 4 rings (SSSR count). The first-order valence-corrected chi connectivity index (χ1v) is 14.0. The lowest BCUT2D eigenvalue weighted by molar-refractivity contribution is -0.139. The molecule has 0 bridgehead atoms. The summed E-state index contributed by atoms with van der Waals surface area (Å²) >= 11 is 0. The summed E-state index contributed by atoms with van der Waals surface area (Å²) in [7, 11) is 1.79. The van der Waals surface area contributed by atoms with E-state index in [1.807, 2.05) is 6.92 Å². The van der Waals surface area contributed by atoms with Gasteiger partial charge < -0.3 is 16.0 Å². The lowest BCUT2D eigenvalue weighted by Gasteiger charge is -2.39. The predicted octanol–water partition coefficient (Wildman–Crippen LogP) is 5.01. The van der Waals surface area contributed by atoms with Crippen molar-refractivity contribution in [1.29, 1.82) is 0 Å². The molecule has 1 unspecified atom stereocenters. The second kappa shape index (κ2) is 12.6. The van der Waals surface area contributed by atoms with Crippen LogP contribution in [0.3, 0.4) is 0 Å². The Morgan fingerprint density at radius 2 is 1.84 bits per heavy atom. The van der Waals surface area contributed by atoms with Gasteiger partial charge in [-0.1, -0.05) is 13.0 Å². The van der Waals surface area contributed by atoms with Gasteiger partial charge in [0.2, 0.25) is 0 Å². The molecule has 9 nitrogen and oxygen atoms in total. The Morgan fingerprint density at radius 3 is 2.42 bits per heavy atom. The van der Waals surface area contributed by atoms with E-state index in [0.29, 0.717) is 55.2 Å². The number of carbonyl (C=O) groups is 1. The summed E-state index contributed by atoms with van der Waals surface area (Å²) in [5, 5.41) is 7.96. The number of benzene rings is 2. The van der Waals surface area contributed by atoms with E-state index in [-0.39, 0.29) is 16.9 Å². The van der Waals surface area contributed by atoms with E-state index >= 15 is 4.39 Å². The summed E-state index contributed by atoms with van der Waals surface area (Å²) in [4.78, 5) is 17.1. The van der Waals surface area contributed by atoms with Crippen LogP contribution in [0.5, 0.6) is 0 Å². The number of aryl methyl sites for hydroxylation is 2. The third-order valence-corrected chi connectivity index (χ3v) is 8.06. The molecule has 2 aromatic carbocycles. The fourth-order valence-electron chi connectivity index (χ4n) is 5.08. The number of nitrogens with two attached hydrogens (primary N) is 2. The molecule has 1 fully saturated rings. The molecule has 2 heterocycles. The molecule has 5 N–H and O–H groups in total. The number of halogens is 4. The summed E-state index contributed by atoms with van der Waals surface area (Å²) in [5.74, 6) is 4.25. The van der Waals surface area contributed by atoms with Gasteiger partial charge in [-0.15, -0.1) is 0 Å². The van der Waals surface area contributed by atoms with Crippen molar-refractivity contribution >= 4 is 28.7 Å². The number of nitrogens with zero attached hydrogens (tertiary/aromatic N) is 5. The highest BCUT2D eigenvalue weighted by atomic mass is 19.4. The Balaban J connectivity index is 1.60. The fourth-order valence-corrected chi connectivity index (χ4v) is 5.08. The molecule has 1 aliphatic heterocycles. The van der Waals surface area contributed by atoms with Crippen LogP contribution in [-0.2, 0) is 13.2 Å². The van der Waals surface area contributed by atoms with Gasteiger partial charge in [0.1, 0.15) is 0 Å². The SMILES string of the molecule is CCC(C)N1CCN(c2cc(NC(=O)c3ccc(C)c(N(N)/C=C(\N)c4cnn(C)c4C)c3)cc(C(F)(F)F)c2F)CC1. The molecule has 1 amide bonds. The fraction of sp³-hybridized carbons (Fsp3) is 0.400. The molecule has 13 heteroatoms. The number of alkyl halides is 3. The van der Waals surface area contributed by atoms with Crippen molar-refractivity contribution in [3.8, 4) is 0 Å². The largest absolute Gasteiger partial charge is 0.419 e.